The average Bonchev–Trinajstić information content (AvgIpc) is 3.13. The van der Waals surface area contributed by atoms with Gasteiger partial charge in [0.25, 0.3) is 0 Å². The van der Waals surface area contributed by atoms with E-state index in [0.717, 1.165) is 16.9 Å². The second kappa shape index (κ2) is 8.10. The molecule has 0 unspecified atom stereocenters. The van der Waals surface area contributed by atoms with Gasteiger partial charge in [0.15, 0.2) is 5.82 Å². The first kappa shape index (κ1) is 18.2. The highest BCUT2D eigenvalue weighted by molar-refractivity contribution is 5.88. The lowest BCUT2D eigenvalue weighted by molar-refractivity contribution is 0.0696. The summed E-state index contributed by atoms with van der Waals surface area (Å²) in [5, 5.41) is 13.4. The van der Waals surface area contributed by atoms with E-state index in [4.69, 9.17) is 5.11 Å². The van der Waals surface area contributed by atoms with Gasteiger partial charge in [-0.15, -0.1) is 0 Å². The van der Waals surface area contributed by atoms with Gasteiger partial charge in [-0.05, 0) is 30.3 Å². The molecule has 0 spiro atoms. The van der Waals surface area contributed by atoms with Crippen LogP contribution in [0.2, 0.25) is 0 Å². The third-order valence-electron chi connectivity index (χ3n) is 3.53. The van der Waals surface area contributed by atoms with E-state index < -0.39 is 5.97 Å². The fraction of sp³-hybridized carbons (Fsp3) is 0.211. The van der Waals surface area contributed by atoms with Gasteiger partial charge in [-0.1, -0.05) is 26.0 Å². The fourth-order valence-corrected chi connectivity index (χ4v) is 2.30. The van der Waals surface area contributed by atoms with E-state index in [1.165, 1.54) is 18.3 Å². The third kappa shape index (κ3) is 4.03. The van der Waals surface area contributed by atoms with Crippen molar-refractivity contribution in [2.75, 3.05) is 19.0 Å². The fourth-order valence-electron chi connectivity index (χ4n) is 2.30. The number of hydrogen-bond acceptors (Lipinski definition) is 4. The van der Waals surface area contributed by atoms with Crippen LogP contribution in [0.15, 0.2) is 54.9 Å². The van der Waals surface area contributed by atoms with E-state index in [1.807, 2.05) is 63.2 Å². The van der Waals surface area contributed by atoms with Gasteiger partial charge < -0.3 is 10.0 Å². The first-order valence-electron chi connectivity index (χ1n) is 8.08. The second-order valence-electron chi connectivity index (χ2n) is 5.28. The van der Waals surface area contributed by atoms with Gasteiger partial charge >= 0.3 is 5.97 Å². The van der Waals surface area contributed by atoms with Crippen LogP contribution in [-0.4, -0.2) is 39.9 Å². The van der Waals surface area contributed by atoms with Crippen LogP contribution in [0.3, 0.4) is 0 Å². The van der Waals surface area contributed by atoms with Crippen molar-refractivity contribution in [3.63, 3.8) is 0 Å². The number of carboxylic acids is 1. The SMILES string of the molecule is CC.CN(C)c1ccc(-c2ccnn2-c2cc(C(=O)O)ccn2)cc1. The van der Waals surface area contributed by atoms with Crippen LogP contribution in [0.25, 0.3) is 17.1 Å². The highest BCUT2D eigenvalue weighted by Gasteiger charge is 2.11. The zero-order valence-corrected chi connectivity index (χ0v) is 14.8. The second-order valence-corrected chi connectivity index (χ2v) is 5.28. The Morgan fingerprint density at radius 1 is 1.04 bits per heavy atom. The zero-order valence-electron chi connectivity index (χ0n) is 14.8. The monoisotopic (exact) mass is 338 g/mol. The summed E-state index contributed by atoms with van der Waals surface area (Å²) in [6.45, 7) is 4.00. The Kier molecular flexibility index (Phi) is 5.89. The van der Waals surface area contributed by atoms with Crippen molar-refractivity contribution in [2.45, 2.75) is 13.8 Å². The molecule has 0 atom stereocenters. The van der Waals surface area contributed by atoms with E-state index in [1.54, 1.807) is 10.9 Å². The molecule has 0 aliphatic carbocycles. The Morgan fingerprint density at radius 3 is 2.32 bits per heavy atom. The number of anilines is 1. The zero-order chi connectivity index (χ0) is 18.4. The maximum atomic E-state index is 11.1. The quantitative estimate of drug-likeness (QED) is 0.785. The van der Waals surface area contributed by atoms with Crippen LogP contribution in [0.4, 0.5) is 5.69 Å². The van der Waals surface area contributed by atoms with E-state index in [9.17, 15) is 4.79 Å². The van der Waals surface area contributed by atoms with Gasteiger partial charge in [0.2, 0.25) is 0 Å². The lowest BCUT2D eigenvalue weighted by atomic mass is 10.1. The number of carboxylic acid groups (broad SMARTS) is 1. The maximum absolute atomic E-state index is 11.1. The number of aromatic nitrogens is 3. The van der Waals surface area contributed by atoms with E-state index in [2.05, 4.69) is 10.1 Å². The third-order valence-corrected chi connectivity index (χ3v) is 3.53. The van der Waals surface area contributed by atoms with Crippen LogP contribution in [0.1, 0.15) is 24.2 Å². The highest BCUT2D eigenvalue weighted by Crippen LogP contribution is 2.24. The molecule has 0 fully saturated rings. The molecule has 130 valence electrons. The summed E-state index contributed by atoms with van der Waals surface area (Å²) in [6, 6.07) is 12.9. The Balaban J connectivity index is 0.00000109. The molecule has 2 aromatic heterocycles. The topological polar surface area (TPSA) is 71.2 Å². The molecule has 1 N–H and O–H groups in total. The van der Waals surface area contributed by atoms with Gasteiger partial charge in [0.1, 0.15) is 0 Å². The standard InChI is InChI=1S/C17H16N4O2.C2H6/c1-20(2)14-5-3-12(4-6-14)15-8-10-19-21(15)16-11-13(17(22)23)7-9-18-16;1-2/h3-11H,1-2H3,(H,22,23);1-2H3. The molecule has 0 aliphatic heterocycles. The molecule has 3 aromatic rings. The van der Waals surface area contributed by atoms with Crippen molar-refractivity contribution >= 4 is 11.7 Å². The molecule has 6 heteroatoms. The maximum Gasteiger partial charge on any atom is 0.335 e. The van der Waals surface area contributed by atoms with Crippen molar-refractivity contribution in [3.05, 3.63) is 60.4 Å². The molecule has 1 aromatic carbocycles. The van der Waals surface area contributed by atoms with Gasteiger partial charge in [-0.25, -0.2) is 14.5 Å². The van der Waals surface area contributed by atoms with Crippen LogP contribution in [0, 0.1) is 0 Å². The van der Waals surface area contributed by atoms with Crippen LogP contribution >= 0.6 is 0 Å². The summed E-state index contributed by atoms with van der Waals surface area (Å²) in [5.74, 6) is -0.515. The largest absolute Gasteiger partial charge is 0.478 e. The van der Waals surface area contributed by atoms with E-state index >= 15 is 0 Å². The number of benzene rings is 1. The molecule has 0 saturated carbocycles. The molecule has 0 saturated heterocycles. The number of nitrogens with zero attached hydrogens (tertiary/aromatic N) is 4. The minimum absolute atomic E-state index is 0.180. The van der Waals surface area contributed by atoms with Crippen LogP contribution < -0.4 is 4.90 Å². The van der Waals surface area contributed by atoms with Gasteiger partial charge in [0.05, 0.1) is 17.5 Å². The molecular formula is C19H22N4O2. The Hall–Kier alpha value is -3.15. The van der Waals surface area contributed by atoms with Crippen LogP contribution in [0.5, 0.6) is 0 Å². The first-order chi connectivity index (χ1) is 12.1. The predicted molar refractivity (Wildman–Crippen MR) is 99.4 cm³/mol. The van der Waals surface area contributed by atoms with Gasteiger partial charge in [0, 0.05) is 31.5 Å². The van der Waals surface area contributed by atoms with Gasteiger partial charge in [-0.3, -0.25) is 0 Å². The molecule has 0 amide bonds. The summed E-state index contributed by atoms with van der Waals surface area (Å²) in [7, 11) is 3.97. The lowest BCUT2D eigenvalue weighted by Gasteiger charge is -2.13. The molecule has 0 bridgehead atoms. The average molecular weight is 338 g/mol. The number of rotatable bonds is 4. The van der Waals surface area contributed by atoms with Crippen molar-refractivity contribution in [1.29, 1.82) is 0 Å². The summed E-state index contributed by atoms with van der Waals surface area (Å²) >= 11 is 0. The Bertz CT molecular complexity index is 839. The van der Waals surface area contributed by atoms with Crippen molar-refractivity contribution in [3.8, 4) is 17.1 Å². The smallest absolute Gasteiger partial charge is 0.335 e. The minimum atomic E-state index is -0.988. The molecule has 2 heterocycles. The van der Waals surface area contributed by atoms with Gasteiger partial charge in [-0.2, -0.15) is 5.10 Å². The number of hydrogen-bond donors (Lipinski definition) is 1. The minimum Gasteiger partial charge on any atom is -0.478 e. The highest BCUT2D eigenvalue weighted by atomic mass is 16.4. The molecular weight excluding hydrogens is 316 g/mol. The molecule has 0 aliphatic rings. The molecule has 6 nitrogen and oxygen atoms in total. The number of pyridine rings is 1. The lowest BCUT2D eigenvalue weighted by Crippen LogP contribution is -2.08. The van der Waals surface area contributed by atoms with E-state index in [0.29, 0.717) is 5.82 Å². The molecule has 3 rings (SSSR count). The summed E-state index contributed by atoms with van der Waals surface area (Å²) in [4.78, 5) is 17.4. The number of aromatic carboxylic acids is 1. The van der Waals surface area contributed by atoms with Crippen molar-refractivity contribution in [1.82, 2.24) is 14.8 Å². The van der Waals surface area contributed by atoms with E-state index in [-0.39, 0.29) is 5.56 Å². The normalized spacial score (nSPS) is 9.92. The predicted octanol–water partition coefficient (Wildman–Crippen LogP) is 3.72. The Labute approximate surface area is 147 Å². The van der Waals surface area contributed by atoms with Crippen molar-refractivity contribution < 1.29 is 9.90 Å². The Morgan fingerprint density at radius 2 is 1.72 bits per heavy atom. The summed E-state index contributed by atoms with van der Waals surface area (Å²) < 4.78 is 1.64. The number of carbonyl (C=O) groups is 1. The van der Waals surface area contributed by atoms with Crippen LogP contribution in [-0.2, 0) is 0 Å². The molecule has 25 heavy (non-hydrogen) atoms. The van der Waals surface area contributed by atoms with Crippen molar-refractivity contribution in [2.24, 2.45) is 0 Å². The summed E-state index contributed by atoms with van der Waals surface area (Å²) in [5.41, 5.74) is 3.12. The molecule has 0 radical (unpaired) electrons. The summed E-state index contributed by atoms with van der Waals surface area (Å²) in [6.07, 6.45) is 3.14. The first-order valence-corrected chi connectivity index (χ1v) is 8.08.